The summed E-state index contributed by atoms with van der Waals surface area (Å²) in [5, 5.41) is -0.105. The van der Waals surface area contributed by atoms with Gasteiger partial charge in [-0.1, -0.05) is 29.8 Å². The molecule has 1 saturated heterocycles. The van der Waals surface area contributed by atoms with Crippen LogP contribution in [0, 0.1) is 11.6 Å². The van der Waals surface area contributed by atoms with E-state index >= 15 is 0 Å². The fraction of sp³-hybridized carbons (Fsp3) is 0.188. The molecule has 22 heavy (non-hydrogen) atoms. The number of thioether (sulfide) groups is 1. The van der Waals surface area contributed by atoms with Crippen molar-refractivity contribution in [3.8, 4) is 0 Å². The third kappa shape index (κ3) is 2.83. The Hall–Kier alpha value is -1.59. The van der Waals surface area contributed by atoms with Crippen molar-refractivity contribution in [1.82, 2.24) is 4.90 Å². The van der Waals surface area contributed by atoms with Crippen LogP contribution in [0.3, 0.4) is 0 Å². The minimum absolute atomic E-state index is 0.246. The van der Waals surface area contributed by atoms with Crippen molar-refractivity contribution >= 4 is 29.3 Å². The van der Waals surface area contributed by atoms with Crippen LogP contribution in [0.5, 0.6) is 0 Å². The lowest BCUT2D eigenvalue weighted by Gasteiger charge is -2.25. The maximum Gasteiger partial charge on any atom is 0.256 e. The van der Waals surface area contributed by atoms with Crippen LogP contribution in [0.2, 0.25) is 5.02 Å². The third-order valence-electron chi connectivity index (χ3n) is 3.48. The second-order valence-corrected chi connectivity index (χ2v) is 6.46. The molecule has 1 atom stereocenters. The molecule has 2 nitrogen and oxygen atoms in total. The molecule has 2 aromatic rings. The molecular formula is C16H12ClF2NOS. The first kappa shape index (κ1) is 15.3. The monoisotopic (exact) mass is 339 g/mol. The Bertz CT molecular complexity index is 725. The average molecular weight is 340 g/mol. The predicted molar refractivity (Wildman–Crippen MR) is 84.0 cm³/mol. The predicted octanol–water partition coefficient (Wildman–Crippen LogP) is 4.51. The zero-order valence-corrected chi connectivity index (χ0v) is 13.0. The van der Waals surface area contributed by atoms with Crippen LogP contribution in [0.25, 0.3) is 0 Å². The van der Waals surface area contributed by atoms with E-state index in [1.54, 1.807) is 29.2 Å². The summed E-state index contributed by atoms with van der Waals surface area (Å²) in [6, 6.07) is 10.2. The number of hydrogen-bond acceptors (Lipinski definition) is 2. The van der Waals surface area contributed by atoms with Gasteiger partial charge in [-0.25, -0.2) is 8.78 Å². The number of hydrogen-bond donors (Lipinski definition) is 0. The Morgan fingerprint density at radius 1 is 1.23 bits per heavy atom. The summed E-state index contributed by atoms with van der Waals surface area (Å²) in [5.41, 5.74) is 0.698. The molecule has 1 fully saturated rings. The molecule has 0 radical (unpaired) electrons. The Labute approximate surface area is 136 Å². The molecule has 3 rings (SSSR count). The topological polar surface area (TPSA) is 20.3 Å². The minimum atomic E-state index is -0.642. The second kappa shape index (κ2) is 6.26. The number of rotatable bonds is 2. The van der Waals surface area contributed by atoms with Crippen LogP contribution in [0.15, 0.2) is 42.5 Å². The molecule has 0 aromatic heterocycles. The Morgan fingerprint density at radius 2 is 2.00 bits per heavy atom. The second-order valence-electron chi connectivity index (χ2n) is 4.87. The molecule has 6 heteroatoms. The van der Waals surface area contributed by atoms with E-state index in [1.165, 1.54) is 23.9 Å². The van der Waals surface area contributed by atoms with Crippen molar-refractivity contribution in [2.75, 3.05) is 12.3 Å². The lowest BCUT2D eigenvalue weighted by atomic mass is 10.1. The number of halogens is 3. The van der Waals surface area contributed by atoms with Gasteiger partial charge in [0.2, 0.25) is 0 Å². The van der Waals surface area contributed by atoms with Crippen molar-refractivity contribution in [3.05, 3.63) is 70.2 Å². The van der Waals surface area contributed by atoms with Crippen molar-refractivity contribution in [2.24, 2.45) is 0 Å². The van der Waals surface area contributed by atoms with Crippen LogP contribution < -0.4 is 0 Å². The highest BCUT2D eigenvalue weighted by Gasteiger charge is 2.33. The van der Waals surface area contributed by atoms with E-state index in [0.717, 1.165) is 6.07 Å². The molecule has 0 unspecified atom stereocenters. The summed E-state index contributed by atoms with van der Waals surface area (Å²) in [6.45, 7) is 0.496. The number of nitrogens with zero attached hydrogens (tertiary/aromatic N) is 1. The molecule has 0 N–H and O–H groups in total. The van der Waals surface area contributed by atoms with Gasteiger partial charge in [0.25, 0.3) is 5.91 Å². The van der Waals surface area contributed by atoms with Gasteiger partial charge in [0, 0.05) is 23.9 Å². The zero-order chi connectivity index (χ0) is 15.7. The van der Waals surface area contributed by atoms with Gasteiger partial charge in [-0.2, -0.15) is 0 Å². The molecule has 0 bridgehead atoms. The van der Waals surface area contributed by atoms with Crippen molar-refractivity contribution < 1.29 is 13.6 Å². The zero-order valence-electron chi connectivity index (χ0n) is 11.4. The Morgan fingerprint density at radius 3 is 2.73 bits per heavy atom. The summed E-state index contributed by atoms with van der Waals surface area (Å²) in [5.74, 6) is -0.827. The highest BCUT2D eigenvalue weighted by Crippen LogP contribution is 2.40. The molecule has 1 heterocycles. The standard InChI is InChI=1S/C16H12ClF2NOS/c17-13-4-2-1-3-11(13)15(21)20-7-8-22-16(20)12-6-5-10(18)9-14(12)19/h1-6,9,16H,7-8H2/t16-/m0/s1. The molecule has 0 aliphatic carbocycles. The van der Waals surface area contributed by atoms with Crippen LogP contribution in [0.1, 0.15) is 21.3 Å². The minimum Gasteiger partial charge on any atom is -0.322 e. The van der Waals surface area contributed by atoms with E-state index in [1.807, 2.05) is 0 Å². The smallest absolute Gasteiger partial charge is 0.256 e. The largest absolute Gasteiger partial charge is 0.322 e. The molecule has 0 spiro atoms. The van der Waals surface area contributed by atoms with Crippen LogP contribution in [0.4, 0.5) is 8.78 Å². The quantitative estimate of drug-likeness (QED) is 0.802. The lowest BCUT2D eigenvalue weighted by molar-refractivity contribution is 0.0759. The van der Waals surface area contributed by atoms with Gasteiger partial charge in [-0.3, -0.25) is 4.79 Å². The van der Waals surface area contributed by atoms with Gasteiger partial charge in [0.05, 0.1) is 10.6 Å². The van der Waals surface area contributed by atoms with E-state index in [0.29, 0.717) is 28.4 Å². The summed E-state index contributed by atoms with van der Waals surface area (Å²) >= 11 is 7.52. The number of benzene rings is 2. The lowest BCUT2D eigenvalue weighted by Crippen LogP contribution is -2.31. The summed E-state index contributed by atoms with van der Waals surface area (Å²) in [7, 11) is 0. The first-order valence-electron chi connectivity index (χ1n) is 6.70. The van der Waals surface area contributed by atoms with Crippen molar-refractivity contribution in [2.45, 2.75) is 5.37 Å². The van der Waals surface area contributed by atoms with Crippen LogP contribution >= 0.6 is 23.4 Å². The SMILES string of the molecule is O=C(c1ccccc1Cl)N1CCS[C@H]1c1ccc(F)cc1F. The summed E-state index contributed by atoms with van der Waals surface area (Å²) in [6.07, 6.45) is 0. The third-order valence-corrected chi connectivity index (χ3v) is 5.06. The van der Waals surface area contributed by atoms with Crippen molar-refractivity contribution in [3.63, 3.8) is 0 Å². The first-order chi connectivity index (χ1) is 10.6. The maximum absolute atomic E-state index is 14.0. The van der Waals surface area contributed by atoms with E-state index in [-0.39, 0.29) is 5.91 Å². The number of carbonyl (C=O) groups excluding carboxylic acids is 1. The van der Waals surface area contributed by atoms with Gasteiger partial charge in [0.1, 0.15) is 17.0 Å². The van der Waals surface area contributed by atoms with E-state index in [2.05, 4.69) is 0 Å². The Kier molecular flexibility index (Phi) is 4.36. The normalized spacial score (nSPS) is 17.8. The average Bonchev–Trinajstić information content (AvgIpc) is 2.96. The molecule has 1 aliphatic heterocycles. The number of amides is 1. The van der Waals surface area contributed by atoms with Gasteiger partial charge in [-0.15, -0.1) is 11.8 Å². The highest BCUT2D eigenvalue weighted by molar-refractivity contribution is 7.99. The fourth-order valence-electron chi connectivity index (χ4n) is 2.43. The van der Waals surface area contributed by atoms with Crippen molar-refractivity contribution in [1.29, 1.82) is 0 Å². The molecule has 0 saturated carbocycles. The molecular weight excluding hydrogens is 328 g/mol. The fourth-order valence-corrected chi connectivity index (χ4v) is 3.92. The molecule has 114 valence electrons. The first-order valence-corrected chi connectivity index (χ1v) is 8.12. The van der Waals surface area contributed by atoms with Crippen LogP contribution in [-0.2, 0) is 0 Å². The number of carbonyl (C=O) groups is 1. The van der Waals surface area contributed by atoms with Gasteiger partial charge < -0.3 is 4.90 Å². The van der Waals surface area contributed by atoms with Crippen LogP contribution in [-0.4, -0.2) is 23.1 Å². The summed E-state index contributed by atoms with van der Waals surface area (Å²) < 4.78 is 27.1. The molecule has 1 aliphatic rings. The van der Waals surface area contributed by atoms with E-state index in [9.17, 15) is 13.6 Å². The molecule has 1 amide bonds. The van der Waals surface area contributed by atoms with Gasteiger partial charge in [-0.05, 0) is 18.2 Å². The van der Waals surface area contributed by atoms with E-state index < -0.39 is 17.0 Å². The van der Waals surface area contributed by atoms with Gasteiger partial charge in [0.15, 0.2) is 0 Å². The highest BCUT2D eigenvalue weighted by atomic mass is 35.5. The summed E-state index contributed by atoms with van der Waals surface area (Å²) in [4.78, 5) is 14.2. The Balaban J connectivity index is 1.93. The molecule has 2 aromatic carbocycles. The van der Waals surface area contributed by atoms with Gasteiger partial charge >= 0.3 is 0 Å². The van der Waals surface area contributed by atoms with E-state index in [4.69, 9.17) is 11.6 Å². The maximum atomic E-state index is 14.0.